The van der Waals surface area contributed by atoms with Gasteiger partial charge in [-0.15, -0.1) is 10.2 Å². The molecule has 0 aliphatic carbocycles. The minimum absolute atomic E-state index is 0.254. The summed E-state index contributed by atoms with van der Waals surface area (Å²) in [5, 5.41) is 11.5. The SMILES string of the molecule is CCC(C)(C)CNc1nccn2c(C)nnc12. The van der Waals surface area contributed by atoms with Gasteiger partial charge in [-0.1, -0.05) is 20.8 Å². The lowest BCUT2D eigenvalue weighted by molar-refractivity contribution is 0.376. The maximum Gasteiger partial charge on any atom is 0.203 e. The van der Waals surface area contributed by atoms with Crippen LogP contribution in [-0.2, 0) is 0 Å². The maximum atomic E-state index is 4.32. The van der Waals surface area contributed by atoms with Crippen molar-refractivity contribution in [1.82, 2.24) is 19.6 Å². The summed E-state index contributed by atoms with van der Waals surface area (Å²) in [5.74, 6) is 1.68. The summed E-state index contributed by atoms with van der Waals surface area (Å²) in [6, 6.07) is 0. The van der Waals surface area contributed by atoms with Gasteiger partial charge in [0.15, 0.2) is 5.82 Å². The first-order valence-corrected chi connectivity index (χ1v) is 5.94. The van der Waals surface area contributed by atoms with Crippen LogP contribution in [0.2, 0.25) is 0 Å². The van der Waals surface area contributed by atoms with Crippen LogP contribution in [0.15, 0.2) is 12.4 Å². The smallest absolute Gasteiger partial charge is 0.203 e. The van der Waals surface area contributed by atoms with Crippen molar-refractivity contribution >= 4 is 11.5 Å². The van der Waals surface area contributed by atoms with E-state index in [-0.39, 0.29) is 5.41 Å². The molecule has 0 bridgehead atoms. The molecule has 0 atom stereocenters. The van der Waals surface area contributed by atoms with Crippen molar-refractivity contribution in [3.63, 3.8) is 0 Å². The van der Waals surface area contributed by atoms with Gasteiger partial charge in [-0.2, -0.15) is 0 Å². The van der Waals surface area contributed by atoms with Gasteiger partial charge >= 0.3 is 0 Å². The van der Waals surface area contributed by atoms with Crippen molar-refractivity contribution < 1.29 is 0 Å². The fourth-order valence-corrected chi connectivity index (χ4v) is 1.51. The van der Waals surface area contributed by atoms with Crippen LogP contribution >= 0.6 is 0 Å². The second kappa shape index (κ2) is 4.31. The Morgan fingerprint density at radius 3 is 2.82 bits per heavy atom. The van der Waals surface area contributed by atoms with Crippen LogP contribution in [0.1, 0.15) is 33.0 Å². The molecular weight excluding hydrogens is 214 g/mol. The molecule has 0 saturated carbocycles. The van der Waals surface area contributed by atoms with Gasteiger partial charge in [0.25, 0.3) is 0 Å². The number of aryl methyl sites for hydroxylation is 1. The normalized spacial score (nSPS) is 12.0. The van der Waals surface area contributed by atoms with Gasteiger partial charge in [-0.25, -0.2) is 4.98 Å². The molecule has 5 heteroatoms. The minimum atomic E-state index is 0.254. The van der Waals surface area contributed by atoms with Gasteiger partial charge in [0.2, 0.25) is 5.65 Å². The molecule has 2 rings (SSSR count). The maximum absolute atomic E-state index is 4.32. The third kappa shape index (κ3) is 2.38. The Kier molecular flexibility index (Phi) is 3.00. The fourth-order valence-electron chi connectivity index (χ4n) is 1.51. The standard InChI is InChI=1S/C12H19N5/c1-5-12(3,4)8-14-10-11-16-15-9(2)17(11)7-6-13-10/h6-7H,5,8H2,1-4H3,(H,13,14). The first kappa shape index (κ1) is 11.8. The summed E-state index contributed by atoms with van der Waals surface area (Å²) in [6.45, 7) is 9.46. The van der Waals surface area contributed by atoms with Crippen LogP contribution in [-0.4, -0.2) is 26.1 Å². The van der Waals surface area contributed by atoms with Gasteiger partial charge < -0.3 is 5.32 Å². The lowest BCUT2D eigenvalue weighted by Crippen LogP contribution is -2.22. The van der Waals surface area contributed by atoms with Crippen LogP contribution in [0.5, 0.6) is 0 Å². The number of rotatable bonds is 4. The Bertz CT molecular complexity index is 515. The third-order valence-electron chi connectivity index (χ3n) is 3.19. The predicted molar refractivity (Wildman–Crippen MR) is 68.1 cm³/mol. The third-order valence-corrected chi connectivity index (χ3v) is 3.19. The summed E-state index contributed by atoms with van der Waals surface area (Å²) in [4.78, 5) is 4.32. The molecule has 1 N–H and O–H groups in total. The van der Waals surface area contributed by atoms with Crippen LogP contribution in [0.4, 0.5) is 5.82 Å². The molecule has 0 amide bonds. The quantitative estimate of drug-likeness (QED) is 0.880. The van der Waals surface area contributed by atoms with Gasteiger partial charge in [-0.05, 0) is 18.8 Å². The number of aromatic nitrogens is 4. The lowest BCUT2D eigenvalue weighted by atomic mass is 9.90. The van der Waals surface area contributed by atoms with Gasteiger partial charge in [0.05, 0.1) is 0 Å². The van der Waals surface area contributed by atoms with E-state index >= 15 is 0 Å². The Balaban J connectivity index is 2.25. The second-order valence-corrected chi connectivity index (χ2v) is 5.09. The van der Waals surface area contributed by atoms with E-state index in [1.807, 2.05) is 17.5 Å². The minimum Gasteiger partial charge on any atom is -0.366 e. The molecule has 0 radical (unpaired) electrons. The molecule has 0 unspecified atom stereocenters. The molecule has 0 aliphatic rings. The molecule has 17 heavy (non-hydrogen) atoms. The largest absolute Gasteiger partial charge is 0.366 e. The summed E-state index contributed by atoms with van der Waals surface area (Å²) in [7, 11) is 0. The summed E-state index contributed by atoms with van der Waals surface area (Å²) in [6.07, 6.45) is 4.76. The summed E-state index contributed by atoms with van der Waals surface area (Å²) in [5.41, 5.74) is 1.04. The van der Waals surface area contributed by atoms with E-state index in [0.717, 1.165) is 30.3 Å². The lowest BCUT2D eigenvalue weighted by Gasteiger charge is -2.23. The summed E-state index contributed by atoms with van der Waals surface area (Å²) < 4.78 is 1.94. The number of nitrogens with zero attached hydrogens (tertiary/aromatic N) is 4. The van der Waals surface area contributed by atoms with E-state index in [9.17, 15) is 0 Å². The molecule has 0 fully saturated rings. The zero-order chi connectivity index (χ0) is 12.5. The van der Waals surface area contributed by atoms with E-state index in [2.05, 4.69) is 41.3 Å². The Morgan fingerprint density at radius 2 is 2.12 bits per heavy atom. The molecule has 92 valence electrons. The number of hydrogen-bond acceptors (Lipinski definition) is 4. The van der Waals surface area contributed by atoms with Gasteiger partial charge in [0.1, 0.15) is 5.82 Å². The molecule has 0 aliphatic heterocycles. The van der Waals surface area contributed by atoms with Crippen molar-refractivity contribution in [2.75, 3.05) is 11.9 Å². The van der Waals surface area contributed by atoms with Crippen molar-refractivity contribution in [2.45, 2.75) is 34.1 Å². The van der Waals surface area contributed by atoms with Gasteiger partial charge in [-0.3, -0.25) is 4.40 Å². The molecule has 5 nitrogen and oxygen atoms in total. The Morgan fingerprint density at radius 1 is 1.35 bits per heavy atom. The van der Waals surface area contributed by atoms with E-state index < -0.39 is 0 Å². The van der Waals surface area contributed by atoms with Crippen LogP contribution in [0.3, 0.4) is 0 Å². The highest BCUT2D eigenvalue weighted by molar-refractivity contribution is 5.61. The first-order chi connectivity index (χ1) is 8.03. The van der Waals surface area contributed by atoms with Crippen molar-refractivity contribution in [1.29, 1.82) is 0 Å². The van der Waals surface area contributed by atoms with Crippen LogP contribution in [0.25, 0.3) is 5.65 Å². The van der Waals surface area contributed by atoms with Crippen molar-refractivity contribution in [2.24, 2.45) is 5.41 Å². The Hall–Kier alpha value is -1.65. The average molecular weight is 233 g/mol. The van der Waals surface area contributed by atoms with E-state index in [0.29, 0.717) is 0 Å². The van der Waals surface area contributed by atoms with Crippen molar-refractivity contribution in [3.8, 4) is 0 Å². The monoisotopic (exact) mass is 233 g/mol. The predicted octanol–water partition coefficient (Wildman–Crippen LogP) is 2.28. The van der Waals surface area contributed by atoms with Crippen LogP contribution < -0.4 is 5.32 Å². The molecule has 0 spiro atoms. The van der Waals surface area contributed by atoms with Crippen molar-refractivity contribution in [3.05, 3.63) is 18.2 Å². The number of hydrogen-bond donors (Lipinski definition) is 1. The number of anilines is 1. The number of nitrogens with one attached hydrogen (secondary N) is 1. The second-order valence-electron chi connectivity index (χ2n) is 5.09. The van der Waals surface area contributed by atoms with E-state index in [1.54, 1.807) is 6.20 Å². The highest BCUT2D eigenvalue weighted by Crippen LogP contribution is 2.21. The fraction of sp³-hybridized carbons (Fsp3) is 0.583. The molecule has 2 aromatic rings. The molecule has 0 saturated heterocycles. The highest BCUT2D eigenvalue weighted by atomic mass is 15.3. The first-order valence-electron chi connectivity index (χ1n) is 5.94. The molecule has 2 aromatic heterocycles. The zero-order valence-electron chi connectivity index (χ0n) is 10.9. The van der Waals surface area contributed by atoms with E-state index in [4.69, 9.17) is 0 Å². The molecule has 0 aromatic carbocycles. The van der Waals surface area contributed by atoms with E-state index in [1.165, 1.54) is 0 Å². The average Bonchev–Trinajstić information content (AvgIpc) is 2.70. The zero-order valence-corrected chi connectivity index (χ0v) is 10.9. The summed E-state index contributed by atoms with van der Waals surface area (Å²) >= 11 is 0. The Labute approximate surface area is 101 Å². The molecular formula is C12H19N5. The molecule has 2 heterocycles. The topological polar surface area (TPSA) is 55.1 Å². The highest BCUT2D eigenvalue weighted by Gasteiger charge is 2.16. The van der Waals surface area contributed by atoms with Crippen LogP contribution in [0, 0.1) is 12.3 Å². The number of fused-ring (bicyclic) bond motifs is 1. The van der Waals surface area contributed by atoms with Gasteiger partial charge in [0, 0.05) is 18.9 Å².